The van der Waals surface area contributed by atoms with Crippen molar-refractivity contribution in [1.29, 1.82) is 0 Å². The van der Waals surface area contributed by atoms with Crippen LogP contribution in [0.1, 0.15) is 16.7 Å². The Morgan fingerprint density at radius 2 is 0.902 bits per heavy atom. The summed E-state index contributed by atoms with van der Waals surface area (Å²) in [6.45, 7) is 0. The minimum absolute atomic E-state index is 0.0184. The van der Waals surface area contributed by atoms with Crippen molar-refractivity contribution in [3.63, 3.8) is 0 Å². The summed E-state index contributed by atoms with van der Waals surface area (Å²) in [5.41, 5.74) is -1.21. The Balaban J connectivity index is 1.29. The standard InChI is InChI=1S/C48H27F9N4/c49-46(50,51)31-20-22-33(40(26-31)48(55,56)57)30-19-24-42-38(25-30)35-16-8-10-18-41(35)61(42)32-21-23-36(37(27-32)34-15-7-9-17-39(34)47(52,53)54)45-59-43(28-11-3-1-4-12-28)58-44(60-45)29-13-5-2-6-14-29/h1-27H. The van der Waals surface area contributed by atoms with Crippen LogP contribution in [0.5, 0.6) is 0 Å². The molecule has 0 radical (unpaired) electrons. The molecule has 302 valence electrons. The first kappa shape index (κ1) is 39.2. The van der Waals surface area contributed by atoms with E-state index in [4.69, 9.17) is 15.0 Å². The van der Waals surface area contributed by atoms with Crippen molar-refractivity contribution in [3.8, 4) is 62.1 Å². The Morgan fingerprint density at radius 1 is 0.344 bits per heavy atom. The van der Waals surface area contributed by atoms with Crippen molar-refractivity contribution >= 4 is 21.8 Å². The summed E-state index contributed by atoms with van der Waals surface area (Å²) in [7, 11) is 0. The van der Waals surface area contributed by atoms with Crippen molar-refractivity contribution in [2.75, 3.05) is 0 Å². The van der Waals surface area contributed by atoms with Gasteiger partial charge in [0, 0.05) is 33.2 Å². The van der Waals surface area contributed by atoms with Crippen LogP contribution in [-0.2, 0) is 18.5 Å². The maximum atomic E-state index is 14.8. The van der Waals surface area contributed by atoms with Crippen LogP contribution in [0.2, 0.25) is 0 Å². The first-order chi connectivity index (χ1) is 29.1. The van der Waals surface area contributed by atoms with Crippen LogP contribution in [0, 0.1) is 0 Å². The minimum Gasteiger partial charge on any atom is -0.309 e. The van der Waals surface area contributed by atoms with Crippen molar-refractivity contribution in [3.05, 3.63) is 180 Å². The Bertz CT molecular complexity index is 3040. The Kier molecular flexibility index (Phi) is 9.49. The third kappa shape index (κ3) is 7.36. The third-order valence-electron chi connectivity index (χ3n) is 10.4. The van der Waals surface area contributed by atoms with E-state index in [0.717, 1.165) is 12.1 Å². The number of para-hydroxylation sites is 1. The number of rotatable bonds is 6. The molecule has 0 saturated heterocycles. The molecular formula is C48H27F9N4. The minimum atomic E-state index is -5.10. The van der Waals surface area contributed by atoms with Crippen LogP contribution in [0.3, 0.4) is 0 Å². The molecule has 0 N–H and O–H groups in total. The van der Waals surface area contributed by atoms with Crippen LogP contribution < -0.4 is 0 Å². The summed E-state index contributed by atoms with van der Waals surface area (Å²) in [6.07, 6.45) is -14.9. The van der Waals surface area contributed by atoms with Gasteiger partial charge in [-0.3, -0.25) is 0 Å². The number of nitrogens with zero attached hydrogens (tertiary/aromatic N) is 4. The van der Waals surface area contributed by atoms with Gasteiger partial charge in [-0.2, -0.15) is 39.5 Å². The normalized spacial score (nSPS) is 12.3. The zero-order valence-electron chi connectivity index (χ0n) is 31.3. The number of halogens is 9. The van der Waals surface area contributed by atoms with E-state index in [1.807, 2.05) is 60.7 Å². The molecule has 0 aliphatic heterocycles. The highest BCUT2D eigenvalue weighted by Crippen LogP contribution is 2.45. The molecule has 13 heteroatoms. The highest BCUT2D eigenvalue weighted by molar-refractivity contribution is 6.10. The Hall–Kier alpha value is -7.28. The molecule has 61 heavy (non-hydrogen) atoms. The van der Waals surface area contributed by atoms with Gasteiger partial charge in [0.05, 0.1) is 27.7 Å². The smallest absolute Gasteiger partial charge is 0.309 e. The fraction of sp³-hybridized carbons (Fsp3) is 0.0625. The van der Waals surface area contributed by atoms with Gasteiger partial charge in [-0.15, -0.1) is 0 Å². The van der Waals surface area contributed by atoms with Crippen LogP contribution in [0.4, 0.5) is 39.5 Å². The third-order valence-corrected chi connectivity index (χ3v) is 10.4. The first-order valence-corrected chi connectivity index (χ1v) is 18.7. The molecule has 7 aromatic carbocycles. The molecule has 2 heterocycles. The van der Waals surface area contributed by atoms with Gasteiger partial charge in [-0.25, -0.2) is 15.0 Å². The molecule has 0 aliphatic carbocycles. The van der Waals surface area contributed by atoms with Gasteiger partial charge in [-0.1, -0.05) is 109 Å². The van der Waals surface area contributed by atoms with E-state index in [2.05, 4.69) is 0 Å². The molecule has 0 saturated carbocycles. The lowest BCUT2D eigenvalue weighted by Gasteiger charge is -2.18. The fourth-order valence-corrected chi connectivity index (χ4v) is 7.61. The van der Waals surface area contributed by atoms with E-state index in [1.54, 1.807) is 53.1 Å². The summed E-state index contributed by atoms with van der Waals surface area (Å²) >= 11 is 0. The van der Waals surface area contributed by atoms with E-state index in [1.165, 1.54) is 30.3 Å². The van der Waals surface area contributed by atoms with Crippen LogP contribution in [-0.4, -0.2) is 19.5 Å². The molecule has 0 unspecified atom stereocenters. The fourth-order valence-electron chi connectivity index (χ4n) is 7.61. The number of benzene rings is 7. The van der Waals surface area contributed by atoms with Crippen LogP contribution in [0.15, 0.2) is 164 Å². The van der Waals surface area contributed by atoms with Crippen molar-refractivity contribution < 1.29 is 39.5 Å². The topological polar surface area (TPSA) is 43.6 Å². The highest BCUT2D eigenvalue weighted by atomic mass is 19.4. The SMILES string of the molecule is FC(F)(F)c1ccc(-c2ccc3c(c2)c2ccccc2n3-c2ccc(-c3nc(-c4ccccc4)nc(-c4ccccc4)n3)c(-c3ccccc3C(F)(F)F)c2)c(C(F)(F)F)c1. The van der Waals surface area contributed by atoms with Crippen LogP contribution >= 0.6 is 0 Å². The largest absolute Gasteiger partial charge is 0.417 e. The predicted octanol–water partition coefficient (Wildman–Crippen LogP) is 14.4. The summed E-state index contributed by atoms with van der Waals surface area (Å²) in [5.74, 6) is 0.696. The van der Waals surface area contributed by atoms with Crippen molar-refractivity contribution in [2.24, 2.45) is 0 Å². The molecular weight excluding hydrogens is 804 g/mol. The number of aromatic nitrogens is 4. The quantitative estimate of drug-likeness (QED) is 0.157. The lowest BCUT2D eigenvalue weighted by atomic mass is 9.93. The van der Waals surface area contributed by atoms with Gasteiger partial charge in [-0.05, 0) is 76.9 Å². The molecule has 0 atom stereocenters. The predicted molar refractivity (Wildman–Crippen MR) is 216 cm³/mol. The molecule has 0 amide bonds. The van der Waals surface area contributed by atoms with Gasteiger partial charge in [0.1, 0.15) is 0 Å². The first-order valence-electron chi connectivity index (χ1n) is 18.7. The molecule has 0 bridgehead atoms. The second-order valence-electron chi connectivity index (χ2n) is 14.2. The van der Waals surface area contributed by atoms with Gasteiger partial charge in [0.15, 0.2) is 17.5 Å². The molecule has 9 aromatic rings. The number of hydrogen-bond acceptors (Lipinski definition) is 3. The molecule has 0 fully saturated rings. The van der Waals surface area contributed by atoms with Crippen LogP contribution in [0.25, 0.3) is 83.9 Å². The lowest BCUT2D eigenvalue weighted by Crippen LogP contribution is -2.12. The van der Waals surface area contributed by atoms with E-state index in [-0.39, 0.29) is 34.1 Å². The average molecular weight is 831 g/mol. The summed E-state index contributed by atoms with van der Waals surface area (Å²) < 4.78 is 130. The average Bonchev–Trinajstić information content (AvgIpc) is 3.59. The molecule has 9 rings (SSSR count). The highest BCUT2D eigenvalue weighted by Gasteiger charge is 2.39. The maximum Gasteiger partial charge on any atom is 0.417 e. The second kappa shape index (κ2) is 14.8. The zero-order chi connectivity index (χ0) is 42.7. The number of fused-ring (bicyclic) bond motifs is 3. The Labute approximate surface area is 341 Å². The molecule has 2 aromatic heterocycles. The molecule has 4 nitrogen and oxygen atoms in total. The monoisotopic (exact) mass is 830 g/mol. The van der Waals surface area contributed by atoms with E-state index < -0.39 is 40.8 Å². The molecule has 0 aliphatic rings. The second-order valence-corrected chi connectivity index (χ2v) is 14.2. The van der Waals surface area contributed by atoms with Crippen molar-refractivity contribution in [2.45, 2.75) is 18.5 Å². The lowest BCUT2D eigenvalue weighted by molar-refractivity contribution is -0.143. The molecule has 0 spiro atoms. The zero-order valence-corrected chi connectivity index (χ0v) is 31.3. The number of hydrogen-bond donors (Lipinski definition) is 0. The summed E-state index contributed by atoms with van der Waals surface area (Å²) in [4.78, 5) is 14.3. The van der Waals surface area contributed by atoms with Gasteiger partial charge < -0.3 is 4.57 Å². The van der Waals surface area contributed by atoms with E-state index >= 15 is 0 Å². The van der Waals surface area contributed by atoms with Gasteiger partial charge in [0.25, 0.3) is 0 Å². The summed E-state index contributed by atoms with van der Waals surface area (Å²) in [6, 6.07) is 41.1. The van der Waals surface area contributed by atoms with Crippen molar-refractivity contribution in [1.82, 2.24) is 19.5 Å². The van der Waals surface area contributed by atoms with Gasteiger partial charge in [0.2, 0.25) is 0 Å². The number of alkyl halides is 9. The Morgan fingerprint density at radius 3 is 1.54 bits per heavy atom. The van der Waals surface area contributed by atoms with Gasteiger partial charge >= 0.3 is 18.5 Å². The summed E-state index contributed by atoms with van der Waals surface area (Å²) in [5, 5.41) is 1.04. The van der Waals surface area contributed by atoms with E-state index in [9.17, 15) is 39.5 Å². The van der Waals surface area contributed by atoms with E-state index in [0.29, 0.717) is 56.3 Å². The maximum absolute atomic E-state index is 14.8.